The monoisotopic (exact) mass is 490 g/mol. The number of aromatic amines is 1. The van der Waals surface area contributed by atoms with Crippen LogP contribution in [0.15, 0.2) is 48.4 Å². The van der Waals surface area contributed by atoms with Crippen molar-refractivity contribution in [3.05, 3.63) is 54.1 Å². The maximum atomic E-state index is 12.4. The van der Waals surface area contributed by atoms with Crippen molar-refractivity contribution in [3.8, 4) is 16.2 Å². The second kappa shape index (κ2) is 9.03. The molecular formula is C25H26N6O3S. The Morgan fingerprint density at radius 1 is 1.26 bits per heavy atom. The molecule has 1 aliphatic heterocycles. The summed E-state index contributed by atoms with van der Waals surface area (Å²) in [7, 11) is 0. The summed E-state index contributed by atoms with van der Waals surface area (Å²) >= 11 is 1.46. The van der Waals surface area contributed by atoms with Crippen molar-refractivity contribution < 1.29 is 14.6 Å². The van der Waals surface area contributed by atoms with Crippen molar-refractivity contribution in [1.29, 1.82) is 0 Å². The molecule has 0 bridgehead atoms. The number of carbonyl (C=O) groups excluding carboxylic acids is 1. The van der Waals surface area contributed by atoms with Crippen molar-refractivity contribution in [2.24, 2.45) is 0 Å². The van der Waals surface area contributed by atoms with Crippen LogP contribution in [-0.2, 0) is 4.74 Å². The number of phenolic OH excluding ortho intramolecular Hbond substituents is 1. The van der Waals surface area contributed by atoms with Crippen LogP contribution in [0.3, 0.4) is 0 Å². The van der Waals surface area contributed by atoms with Crippen LogP contribution >= 0.6 is 11.3 Å². The Balaban J connectivity index is 1.37. The molecule has 4 heterocycles. The molecule has 9 nitrogen and oxygen atoms in total. The molecule has 0 atom stereocenters. The summed E-state index contributed by atoms with van der Waals surface area (Å²) in [5, 5.41) is 14.5. The van der Waals surface area contributed by atoms with E-state index in [0.717, 1.165) is 32.9 Å². The molecule has 1 aliphatic rings. The Bertz CT molecular complexity index is 1400. The van der Waals surface area contributed by atoms with Gasteiger partial charge < -0.3 is 25.0 Å². The molecule has 0 fully saturated rings. The Morgan fingerprint density at radius 2 is 2.11 bits per heavy atom. The van der Waals surface area contributed by atoms with Gasteiger partial charge in [0.05, 0.1) is 15.8 Å². The fraction of sp³-hybridized carbons (Fsp3) is 0.280. The first-order chi connectivity index (χ1) is 16.8. The highest BCUT2D eigenvalue weighted by Crippen LogP contribution is 2.35. The minimum Gasteiger partial charge on any atom is -0.507 e. The lowest BCUT2D eigenvalue weighted by Gasteiger charge is -2.29. The van der Waals surface area contributed by atoms with E-state index >= 15 is 0 Å². The largest absolute Gasteiger partial charge is 0.507 e. The summed E-state index contributed by atoms with van der Waals surface area (Å²) in [6.45, 7) is 6.67. The van der Waals surface area contributed by atoms with E-state index in [1.165, 1.54) is 17.7 Å². The molecule has 35 heavy (non-hydrogen) atoms. The van der Waals surface area contributed by atoms with Crippen molar-refractivity contribution in [2.45, 2.75) is 32.8 Å². The second-order valence-corrected chi connectivity index (χ2v) is 10.2. The molecule has 5 rings (SSSR count). The normalized spacial score (nSPS) is 14.1. The average molecular weight is 491 g/mol. The molecule has 180 valence electrons. The van der Waals surface area contributed by atoms with Crippen LogP contribution in [0.25, 0.3) is 27.0 Å². The minimum absolute atomic E-state index is 0.196. The fourth-order valence-corrected chi connectivity index (χ4v) is 4.56. The van der Waals surface area contributed by atoms with E-state index in [2.05, 4.69) is 25.3 Å². The number of amides is 1. The number of rotatable bonds is 4. The molecule has 4 aromatic rings. The number of nitrogens with zero attached hydrogens (tertiary/aromatic N) is 4. The molecule has 0 saturated heterocycles. The van der Waals surface area contributed by atoms with Gasteiger partial charge in [-0.1, -0.05) is 6.08 Å². The number of benzene rings is 1. The number of hydrogen-bond donors (Lipinski definition) is 3. The van der Waals surface area contributed by atoms with Crippen LogP contribution in [0.2, 0.25) is 0 Å². The summed E-state index contributed by atoms with van der Waals surface area (Å²) in [6, 6.07) is 7.36. The van der Waals surface area contributed by atoms with E-state index in [0.29, 0.717) is 30.9 Å². The Labute approximate surface area is 206 Å². The fourth-order valence-electron chi connectivity index (χ4n) is 3.92. The molecule has 3 N–H and O–H groups in total. The predicted octanol–water partition coefficient (Wildman–Crippen LogP) is 5.55. The van der Waals surface area contributed by atoms with Crippen LogP contribution in [0.5, 0.6) is 5.75 Å². The van der Waals surface area contributed by atoms with Crippen LogP contribution in [-0.4, -0.2) is 54.7 Å². The van der Waals surface area contributed by atoms with Gasteiger partial charge in [-0.15, -0.1) is 11.3 Å². The van der Waals surface area contributed by atoms with Crippen molar-refractivity contribution in [3.63, 3.8) is 0 Å². The van der Waals surface area contributed by atoms with Gasteiger partial charge in [0.25, 0.3) is 0 Å². The Morgan fingerprint density at radius 3 is 2.83 bits per heavy atom. The molecular weight excluding hydrogens is 464 g/mol. The van der Waals surface area contributed by atoms with Crippen molar-refractivity contribution in [2.75, 3.05) is 18.4 Å². The number of nitrogens with one attached hydrogen (secondary N) is 2. The third-order valence-electron chi connectivity index (χ3n) is 5.59. The minimum atomic E-state index is -0.515. The maximum absolute atomic E-state index is 12.4. The Kier molecular flexibility index (Phi) is 5.89. The van der Waals surface area contributed by atoms with Crippen LogP contribution < -0.4 is 5.32 Å². The van der Waals surface area contributed by atoms with Gasteiger partial charge in [0.2, 0.25) is 0 Å². The molecule has 10 heteroatoms. The van der Waals surface area contributed by atoms with Crippen LogP contribution in [0, 0.1) is 0 Å². The van der Waals surface area contributed by atoms with E-state index in [1.54, 1.807) is 28.7 Å². The summed E-state index contributed by atoms with van der Waals surface area (Å²) < 4.78 is 5.48. The smallest absolute Gasteiger partial charge is 0.410 e. The van der Waals surface area contributed by atoms with E-state index in [4.69, 9.17) is 4.74 Å². The Hall–Kier alpha value is -3.92. The zero-order valence-corrected chi connectivity index (χ0v) is 20.5. The van der Waals surface area contributed by atoms with Crippen molar-refractivity contribution in [1.82, 2.24) is 24.8 Å². The van der Waals surface area contributed by atoms with E-state index in [-0.39, 0.29) is 11.8 Å². The summed E-state index contributed by atoms with van der Waals surface area (Å²) in [5.41, 5.74) is 5.50. The quantitative estimate of drug-likeness (QED) is 0.321. The number of ether oxygens (including phenoxy) is 1. The molecule has 0 saturated carbocycles. The van der Waals surface area contributed by atoms with Gasteiger partial charge in [0.1, 0.15) is 29.1 Å². The first kappa shape index (κ1) is 22.9. The first-order valence-corrected chi connectivity index (χ1v) is 12.1. The van der Waals surface area contributed by atoms with Gasteiger partial charge >= 0.3 is 6.09 Å². The topological polar surface area (TPSA) is 116 Å². The molecule has 0 radical (unpaired) electrons. The number of fused-ring (bicyclic) bond motifs is 1. The molecule has 0 spiro atoms. The number of phenols is 1. The number of aromatic nitrogens is 4. The van der Waals surface area contributed by atoms with Crippen LogP contribution in [0.4, 0.5) is 16.3 Å². The number of anilines is 2. The summed E-state index contributed by atoms with van der Waals surface area (Å²) in [6.07, 6.45) is 5.69. The first-order valence-electron chi connectivity index (χ1n) is 11.3. The number of H-pyrrole nitrogens is 1. The summed E-state index contributed by atoms with van der Waals surface area (Å²) in [4.78, 5) is 31.3. The predicted molar refractivity (Wildman–Crippen MR) is 137 cm³/mol. The molecule has 3 aromatic heterocycles. The molecule has 1 aromatic carbocycles. The van der Waals surface area contributed by atoms with Gasteiger partial charge in [0, 0.05) is 36.2 Å². The standard InChI is InChI=1S/C25H26N6O3S/c1-25(2,3)34-24(33)31-8-6-15(7-9-31)19-11-18-22(27-13-28-23(18)30-19)29-16-4-5-20(32)17(10-16)21-12-26-14-35-21/h4-6,10-14,32H,7-9H2,1-3H3,(H2,27,28,29,30). The highest BCUT2D eigenvalue weighted by Gasteiger charge is 2.24. The third kappa shape index (κ3) is 4.97. The molecule has 0 unspecified atom stereocenters. The van der Waals surface area contributed by atoms with Gasteiger partial charge in [-0.2, -0.15) is 0 Å². The highest BCUT2D eigenvalue weighted by atomic mass is 32.1. The summed E-state index contributed by atoms with van der Waals surface area (Å²) in [5.74, 6) is 0.853. The highest BCUT2D eigenvalue weighted by molar-refractivity contribution is 7.13. The van der Waals surface area contributed by atoms with Gasteiger partial charge in [-0.25, -0.2) is 14.8 Å². The van der Waals surface area contributed by atoms with E-state index < -0.39 is 5.60 Å². The zero-order chi connectivity index (χ0) is 24.6. The van der Waals surface area contributed by atoms with Gasteiger partial charge in [0.15, 0.2) is 0 Å². The van der Waals surface area contributed by atoms with E-state index in [1.807, 2.05) is 39.0 Å². The number of thiazole rings is 1. The maximum Gasteiger partial charge on any atom is 0.410 e. The molecule has 1 amide bonds. The van der Waals surface area contributed by atoms with Crippen LogP contribution in [0.1, 0.15) is 32.9 Å². The van der Waals surface area contributed by atoms with Gasteiger partial charge in [-0.05, 0) is 57.0 Å². The van der Waals surface area contributed by atoms with Gasteiger partial charge in [-0.3, -0.25) is 4.98 Å². The lowest BCUT2D eigenvalue weighted by atomic mass is 10.1. The lowest BCUT2D eigenvalue weighted by molar-refractivity contribution is 0.0270. The lowest BCUT2D eigenvalue weighted by Crippen LogP contribution is -2.39. The average Bonchev–Trinajstić information content (AvgIpc) is 3.50. The number of aromatic hydroxyl groups is 1. The van der Waals surface area contributed by atoms with E-state index in [9.17, 15) is 9.90 Å². The number of hydrogen-bond acceptors (Lipinski definition) is 8. The van der Waals surface area contributed by atoms with Crippen molar-refractivity contribution >= 4 is 45.5 Å². The zero-order valence-electron chi connectivity index (χ0n) is 19.7. The number of carbonyl (C=O) groups is 1. The third-order valence-corrected chi connectivity index (χ3v) is 6.40. The molecule has 0 aliphatic carbocycles. The second-order valence-electron chi connectivity index (χ2n) is 9.30. The SMILES string of the molecule is CC(C)(C)OC(=O)N1CC=C(c2cc3c(Nc4ccc(O)c(-c5cncs5)c4)ncnc3[nH]2)CC1.